The lowest BCUT2D eigenvalue weighted by atomic mass is 9.54. The van der Waals surface area contributed by atoms with Crippen LogP contribution in [0.5, 0.6) is 0 Å². The summed E-state index contributed by atoms with van der Waals surface area (Å²) < 4.78 is 0. The molecule has 0 heterocycles. The highest BCUT2D eigenvalue weighted by Crippen LogP contribution is 2.54. The van der Waals surface area contributed by atoms with Gasteiger partial charge in [-0.05, 0) is 164 Å². The fourth-order valence-electron chi connectivity index (χ4n) is 13.8. The molecule has 0 aromatic heterocycles. The third kappa shape index (κ3) is 10.3. The zero-order valence-electron chi connectivity index (χ0n) is 35.1. The van der Waals surface area contributed by atoms with Crippen molar-refractivity contribution in [2.24, 2.45) is 107 Å². The summed E-state index contributed by atoms with van der Waals surface area (Å²) in [6.45, 7) is 30.0. The molecule has 0 aromatic rings. The van der Waals surface area contributed by atoms with E-state index in [9.17, 15) is 0 Å². The lowest BCUT2D eigenvalue weighted by Crippen LogP contribution is -2.45. The molecule has 0 spiro atoms. The fraction of sp³-hybridized carbons (Fsp3) is 1.00. The van der Waals surface area contributed by atoms with Crippen LogP contribution in [0.2, 0.25) is 0 Å². The van der Waals surface area contributed by atoms with E-state index in [-0.39, 0.29) is 0 Å². The van der Waals surface area contributed by atoms with Gasteiger partial charge in [-0.25, -0.2) is 0 Å². The molecule has 0 N–H and O–H groups in total. The summed E-state index contributed by atoms with van der Waals surface area (Å²) in [6, 6.07) is 0. The number of hydrogen-bond acceptors (Lipinski definition) is 0. The molecule has 5 aliphatic carbocycles. The predicted octanol–water partition coefficient (Wildman–Crippen LogP) is 15.4. The Morgan fingerprint density at radius 3 is 1.77 bits per heavy atom. The van der Waals surface area contributed by atoms with E-state index >= 15 is 0 Å². The quantitative estimate of drug-likeness (QED) is 0.153. The first-order chi connectivity index (χ1) is 22.9. The minimum atomic E-state index is 0.884. The maximum Gasteiger partial charge on any atom is -0.0329 e. The largest absolute Gasteiger partial charge is 0.0654 e. The minimum Gasteiger partial charge on any atom is -0.0654 e. The van der Waals surface area contributed by atoms with Gasteiger partial charge in [0, 0.05) is 0 Å². The standard InChI is InChI=1S/C32H60.C16H30/c1-10-27(17-23(6)31-25(8)24(7)26(31)9)14-12-11-13-21(4)29-18-28-16-15-22(5)32(28)30(19-29)20(2)3;1-4-5-13(3)14-8-9-16(11-14)15-7-6-12(2)10-15/h20-32H,10-19H2,1-9H3;12-16H,4-11H2,1-3H3. The molecule has 15 atom stereocenters. The van der Waals surface area contributed by atoms with E-state index in [0.29, 0.717) is 0 Å². The third-order valence-electron chi connectivity index (χ3n) is 17.3. The van der Waals surface area contributed by atoms with Gasteiger partial charge < -0.3 is 0 Å². The van der Waals surface area contributed by atoms with Crippen LogP contribution >= 0.6 is 0 Å². The van der Waals surface area contributed by atoms with Crippen molar-refractivity contribution in [3.8, 4) is 0 Å². The average Bonchev–Trinajstić information content (AvgIpc) is 3.82. The highest BCUT2D eigenvalue weighted by atomic mass is 14.5. The van der Waals surface area contributed by atoms with Gasteiger partial charge in [0.15, 0.2) is 0 Å². The number of fused-ring (bicyclic) bond motifs is 1. The normalized spacial score (nSPS) is 42.1. The number of rotatable bonds is 15. The molecular weight excluding hydrogens is 577 g/mol. The Hall–Kier alpha value is 0. The van der Waals surface area contributed by atoms with Crippen LogP contribution in [-0.4, -0.2) is 0 Å². The predicted molar refractivity (Wildman–Crippen MR) is 214 cm³/mol. The lowest BCUT2D eigenvalue weighted by Gasteiger charge is -2.51. The monoisotopic (exact) mass is 667 g/mol. The molecule has 5 saturated carbocycles. The van der Waals surface area contributed by atoms with Gasteiger partial charge in [0.1, 0.15) is 0 Å². The van der Waals surface area contributed by atoms with E-state index in [1.165, 1.54) is 83.5 Å². The van der Waals surface area contributed by atoms with Crippen LogP contribution in [0.4, 0.5) is 0 Å². The van der Waals surface area contributed by atoms with Crippen LogP contribution in [0.25, 0.3) is 0 Å². The molecule has 0 aliphatic heterocycles. The van der Waals surface area contributed by atoms with Crippen molar-refractivity contribution in [2.75, 3.05) is 0 Å². The van der Waals surface area contributed by atoms with E-state index in [2.05, 4.69) is 83.1 Å². The molecular formula is C48H90. The average molecular weight is 667 g/mol. The highest BCUT2D eigenvalue weighted by Gasteiger charge is 2.46. The van der Waals surface area contributed by atoms with Crippen molar-refractivity contribution < 1.29 is 0 Å². The van der Waals surface area contributed by atoms with Crippen LogP contribution in [0, 0.1) is 107 Å². The maximum atomic E-state index is 2.61. The summed E-state index contributed by atoms with van der Waals surface area (Å²) in [4.78, 5) is 0. The Morgan fingerprint density at radius 2 is 1.15 bits per heavy atom. The van der Waals surface area contributed by atoms with Crippen molar-refractivity contribution in [3.05, 3.63) is 0 Å². The summed E-state index contributed by atoms with van der Waals surface area (Å²) in [5.74, 6) is 18.0. The fourth-order valence-corrected chi connectivity index (χ4v) is 13.8. The Kier molecular flexibility index (Phi) is 16.3. The van der Waals surface area contributed by atoms with Gasteiger partial charge in [-0.3, -0.25) is 0 Å². The lowest BCUT2D eigenvalue weighted by molar-refractivity contribution is -0.0297. The Morgan fingerprint density at radius 1 is 0.542 bits per heavy atom. The molecule has 48 heavy (non-hydrogen) atoms. The highest BCUT2D eigenvalue weighted by molar-refractivity contribution is 4.95. The first-order valence-electron chi connectivity index (χ1n) is 22.9. The number of unbranched alkanes of at least 4 members (excludes halogenated alkanes) is 1. The van der Waals surface area contributed by atoms with Gasteiger partial charge in [-0.15, -0.1) is 0 Å². The van der Waals surface area contributed by atoms with E-state index in [0.717, 1.165) is 107 Å². The molecule has 0 saturated heterocycles. The van der Waals surface area contributed by atoms with E-state index in [1.807, 2.05) is 0 Å². The van der Waals surface area contributed by atoms with Crippen molar-refractivity contribution >= 4 is 0 Å². The molecule has 5 aliphatic rings. The van der Waals surface area contributed by atoms with Gasteiger partial charge >= 0.3 is 0 Å². The van der Waals surface area contributed by atoms with Crippen molar-refractivity contribution in [2.45, 2.75) is 199 Å². The zero-order chi connectivity index (χ0) is 35.1. The summed E-state index contributed by atoms with van der Waals surface area (Å²) >= 11 is 0. The molecule has 0 bridgehead atoms. The van der Waals surface area contributed by atoms with E-state index in [4.69, 9.17) is 0 Å². The third-order valence-corrected chi connectivity index (χ3v) is 17.3. The van der Waals surface area contributed by atoms with Gasteiger partial charge in [0.2, 0.25) is 0 Å². The molecule has 5 fully saturated rings. The summed E-state index contributed by atoms with van der Waals surface area (Å²) in [5.41, 5.74) is 0. The summed E-state index contributed by atoms with van der Waals surface area (Å²) in [7, 11) is 0. The van der Waals surface area contributed by atoms with Crippen LogP contribution in [0.1, 0.15) is 199 Å². The van der Waals surface area contributed by atoms with Crippen molar-refractivity contribution in [1.29, 1.82) is 0 Å². The second-order valence-corrected chi connectivity index (χ2v) is 20.7. The van der Waals surface area contributed by atoms with Gasteiger partial charge in [-0.2, -0.15) is 0 Å². The van der Waals surface area contributed by atoms with Gasteiger partial charge in [-0.1, -0.05) is 141 Å². The Labute approximate surface area is 304 Å². The van der Waals surface area contributed by atoms with Gasteiger partial charge in [0.25, 0.3) is 0 Å². The topological polar surface area (TPSA) is 0 Å². The van der Waals surface area contributed by atoms with E-state index in [1.54, 1.807) is 32.1 Å². The SMILES string of the molecule is CCC(CCCCC(C)C1CC2CCC(C)C2C(C(C)C)C1)CC(C)C1C(C)C(C)C1C.CCCC(C)C1CCC(C2CCC(C)C2)C1. The van der Waals surface area contributed by atoms with Crippen LogP contribution in [-0.2, 0) is 0 Å². The first kappa shape index (κ1) is 40.8. The maximum absolute atomic E-state index is 2.61. The van der Waals surface area contributed by atoms with Crippen LogP contribution < -0.4 is 0 Å². The first-order valence-corrected chi connectivity index (χ1v) is 22.9. The molecule has 0 heteroatoms. The van der Waals surface area contributed by atoms with Crippen molar-refractivity contribution in [3.63, 3.8) is 0 Å². The Balaban J connectivity index is 0.000000271. The Bertz CT molecular complexity index is 876. The summed E-state index contributed by atoms with van der Waals surface area (Å²) in [6.07, 6.45) is 27.0. The van der Waals surface area contributed by atoms with E-state index < -0.39 is 0 Å². The zero-order valence-corrected chi connectivity index (χ0v) is 35.1. The molecule has 5 rings (SSSR count). The minimum absolute atomic E-state index is 0.884. The van der Waals surface area contributed by atoms with Crippen LogP contribution in [0.3, 0.4) is 0 Å². The second kappa shape index (κ2) is 19.2. The molecule has 0 radical (unpaired) electrons. The van der Waals surface area contributed by atoms with Crippen LogP contribution in [0.15, 0.2) is 0 Å². The number of hydrogen-bond donors (Lipinski definition) is 0. The molecule has 0 nitrogen and oxygen atoms in total. The molecule has 15 unspecified atom stereocenters. The summed E-state index contributed by atoms with van der Waals surface area (Å²) in [5, 5.41) is 0. The van der Waals surface area contributed by atoms with Gasteiger partial charge in [0.05, 0.1) is 0 Å². The molecule has 0 aromatic carbocycles. The second-order valence-electron chi connectivity index (χ2n) is 20.7. The smallest absolute Gasteiger partial charge is 0.0329 e. The molecule has 0 amide bonds. The van der Waals surface area contributed by atoms with Crippen molar-refractivity contribution in [1.82, 2.24) is 0 Å². The molecule has 282 valence electrons.